The Morgan fingerprint density at radius 3 is 2.94 bits per heavy atom. The van der Waals surface area contributed by atoms with E-state index in [1.807, 2.05) is 6.08 Å². The molecule has 98 valence electrons. The van der Waals surface area contributed by atoms with Gasteiger partial charge in [0.25, 0.3) is 5.91 Å². The average Bonchev–Trinajstić information content (AvgIpc) is 3.12. The highest BCUT2D eigenvalue weighted by molar-refractivity contribution is 6.30. The van der Waals surface area contributed by atoms with E-state index >= 15 is 0 Å². The molecule has 0 aromatic carbocycles. The average molecular weight is 270 g/mol. The van der Waals surface area contributed by atoms with Crippen LogP contribution in [0.1, 0.15) is 19.3 Å². The van der Waals surface area contributed by atoms with E-state index in [-0.39, 0.29) is 11.9 Å². The molecule has 1 fully saturated rings. The zero-order valence-electron chi connectivity index (χ0n) is 9.82. The second kappa shape index (κ2) is 6.04. The maximum atomic E-state index is 11.7. The van der Waals surface area contributed by atoms with Crippen molar-refractivity contribution in [2.45, 2.75) is 31.3 Å². The molecule has 0 heterocycles. The second-order valence-electron chi connectivity index (χ2n) is 4.42. The summed E-state index contributed by atoms with van der Waals surface area (Å²) in [6.45, 7) is 0. The Kier molecular flexibility index (Phi) is 4.41. The van der Waals surface area contributed by atoms with Gasteiger partial charge in [0.2, 0.25) is 0 Å². The first-order valence-corrected chi connectivity index (χ1v) is 6.27. The number of nitrogens with one attached hydrogen (secondary N) is 3. The Bertz CT molecular complexity index is 414. The molecule has 0 aromatic rings. The molecule has 0 aliphatic heterocycles. The summed E-state index contributed by atoms with van der Waals surface area (Å²) in [5, 5.41) is 14.9. The Morgan fingerprint density at radius 2 is 2.28 bits per heavy atom. The van der Waals surface area contributed by atoms with E-state index < -0.39 is 0 Å². The molecule has 2 rings (SSSR count). The van der Waals surface area contributed by atoms with E-state index in [9.17, 15) is 4.79 Å². The molecular formula is C12H16ClN3O2. The number of carbonyl (C=O) groups excluding carboxylic acids is 1. The van der Waals surface area contributed by atoms with E-state index in [4.69, 9.17) is 16.8 Å². The highest BCUT2D eigenvalue weighted by atomic mass is 35.5. The van der Waals surface area contributed by atoms with Crippen LogP contribution in [0.4, 0.5) is 0 Å². The lowest BCUT2D eigenvalue weighted by Crippen LogP contribution is -2.31. The van der Waals surface area contributed by atoms with Gasteiger partial charge in [-0.2, -0.15) is 5.48 Å². The number of amides is 1. The molecule has 0 bridgehead atoms. The van der Waals surface area contributed by atoms with Crippen molar-refractivity contribution < 1.29 is 10.0 Å². The van der Waals surface area contributed by atoms with Crippen LogP contribution in [0.15, 0.2) is 35.2 Å². The monoisotopic (exact) mass is 269 g/mol. The standard InChI is InChI=1S/C12H16ClN3O2/c13-11(14-8-4-5-8)7-12(17)15-9-2-1-3-10(6-9)16-18/h1-3,7-8,10,14,16,18H,4-6H2,(H,15,17)/b11-7-. The molecule has 1 saturated carbocycles. The van der Waals surface area contributed by atoms with Crippen LogP contribution in [0.3, 0.4) is 0 Å². The molecule has 1 unspecified atom stereocenters. The number of halogens is 1. The van der Waals surface area contributed by atoms with E-state index in [2.05, 4.69) is 16.1 Å². The number of hydrogen-bond donors (Lipinski definition) is 4. The van der Waals surface area contributed by atoms with E-state index in [0.29, 0.717) is 17.6 Å². The number of hydrogen-bond acceptors (Lipinski definition) is 4. The predicted molar refractivity (Wildman–Crippen MR) is 68.8 cm³/mol. The van der Waals surface area contributed by atoms with Gasteiger partial charge in [0.05, 0.1) is 6.04 Å². The molecule has 1 atom stereocenters. The summed E-state index contributed by atoms with van der Waals surface area (Å²) >= 11 is 5.89. The highest BCUT2D eigenvalue weighted by Gasteiger charge is 2.21. The van der Waals surface area contributed by atoms with E-state index in [1.54, 1.807) is 12.2 Å². The summed E-state index contributed by atoms with van der Waals surface area (Å²) in [6.07, 6.45) is 9.45. The largest absolute Gasteiger partial charge is 0.373 e. The third-order valence-corrected chi connectivity index (χ3v) is 2.93. The molecule has 6 heteroatoms. The van der Waals surface area contributed by atoms with Gasteiger partial charge in [0.15, 0.2) is 0 Å². The van der Waals surface area contributed by atoms with Gasteiger partial charge in [-0.3, -0.25) is 4.79 Å². The van der Waals surface area contributed by atoms with Crippen molar-refractivity contribution in [1.29, 1.82) is 0 Å². The van der Waals surface area contributed by atoms with Gasteiger partial charge in [-0.05, 0) is 18.9 Å². The molecule has 0 spiro atoms. The third-order valence-electron chi connectivity index (χ3n) is 2.71. The molecule has 0 aromatic heterocycles. The maximum absolute atomic E-state index is 11.7. The zero-order valence-corrected chi connectivity index (χ0v) is 10.6. The fourth-order valence-corrected chi connectivity index (χ4v) is 1.89. The van der Waals surface area contributed by atoms with Crippen molar-refractivity contribution in [2.75, 3.05) is 0 Å². The Hall–Kier alpha value is -1.30. The van der Waals surface area contributed by atoms with Gasteiger partial charge in [0.1, 0.15) is 5.16 Å². The minimum absolute atomic E-state index is 0.172. The molecule has 2 aliphatic carbocycles. The van der Waals surface area contributed by atoms with Crippen molar-refractivity contribution in [2.24, 2.45) is 0 Å². The number of rotatable bonds is 5. The number of allylic oxidation sites excluding steroid dienone is 2. The van der Waals surface area contributed by atoms with Crippen molar-refractivity contribution in [1.82, 2.24) is 16.1 Å². The molecule has 2 aliphatic rings. The first kappa shape index (κ1) is 13.1. The van der Waals surface area contributed by atoms with Crippen LogP contribution in [0, 0.1) is 0 Å². The fraction of sp³-hybridized carbons (Fsp3) is 0.417. The Morgan fingerprint density at radius 1 is 1.50 bits per heavy atom. The number of carbonyl (C=O) groups is 1. The first-order valence-electron chi connectivity index (χ1n) is 5.89. The molecule has 0 radical (unpaired) electrons. The summed E-state index contributed by atoms with van der Waals surface area (Å²) in [7, 11) is 0. The van der Waals surface area contributed by atoms with Crippen molar-refractivity contribution in [3.63, 3.8) is 0 Å². The van der Waals surface area contributed by atoms with Crippen LogP contribution < -0.4 is 16.1 Å². The zero-order chi connectivity index (χ0) is 13.0. The van der Waals surface area contributed by atoms with Gasteiger partial charge in [-0.25, -0.2) is 0 Å². The summed E-state index contributed by atoms with van der Waals surface area (Å²) in [5.41, 5.74) is 2.89. The van der Waals surface area contributed by atoms with Crippen LogP contribution in [0.25, 0.3) is 0 Å². The van der Waals surface area contributed by atoms with Crippen LogP contribution in [0.5, 0.6) is 0 Å². The SMILES string of the molecule is O=C(/C=C(/Cl)NC1CC1)NC1=CC=CC(NO)C1. The smallest absolute Gasteiger partial charge is 0.251 e. The molecule has 1 amide bonds. The van der Waals surface area contributed by atoms with Crippen molar-refractivity contribution in [3.05, 3.63) is 35.2 Å². The van der Waals surface area contributed by atoms with Crippen LogP contribution in [-0.4, -0.2) is 23.2 Å². The molecule has 0 saturated heterocycles. The summed E-state index contributed by atoms with van der Waals surface area (Å²) in [5.74, 6) is -0.272. The molecule has 5 nitrogen and oxygen atoms in total. The molecule has 18 heavy (non-hydrogen) atoms. The Balaban J connectivity index is 1.83. The minimum Gasteiger partial charge on any atom is -0.373 e. The van der Waals surface area contributed by atoms with Crippen LogP contribution in [0.2, 0.25) is 0 Å². The fourth-order valence-electron chi connectivity index (χ4n) is 1.63. The normalized spacial score (nSPS) is 23.6. The van der Waals surface area contributed by atoms with E-state index in [1.165, 1.54) is 6.08 Å². The third kappa shape index (κ3) is 4.18. The summed E-state index contributed by atoms with van der Waals surface area (Å²) < 4.78 is 0. The first-order chi connectivity index (χ1) is 8.67. The minimum atomic E-state index is -0.272. The summed E-state index contributed by atoms with van der Waals surface area (Å²) in [4.78, 5) is 11.7. The topological polar surface area (TPSA) is 73.4 Å². The lowest BCUT2D eigenvalue weighted by Gasteiger charge is -2.17. The lowest BCUT2D eigenvalue weighted by molar-refractivity contribution is -0.115. The van der Waals surface area contributed by atoms with Crippen LogP contribution in [-0.2, 0) is 4.79 Å². The van der Waals surface area contributed by atoms with Gasteiger partial charge < -0.3 is 15.8 Å². The second-order valence-corrected chi connectivity index (χ2v) is 4.82. The predicted octanol–water partition coefficient (Wildman–Crippen LogP) is 1.13. The molecule has 4 N–H and O–H groups in total. The van der Waals surface area contributed by atoms with Gasteiger partial charge in [-0.15, -0.1) is 0 Å². The van der Waals surface area contributed by atoms with Crippen LogP contribution >= 0.6 is 11.6 Å². The lowest BCUT2D eigenvalue weighted by atomic mass is 10.1. The summed E-state index contributed by atoms with van der Waals surface area (Å²) in [6, 6.07) is 0.246. The number of hydroxylamine groups is 1. The van der Waals surface area contributed by atoms with Gasteiger partial charge >= 0.3 is 0 Å². The maximum Gasteiger partial charge on any atom is 0.251 e. The van der Waals surface area contributed by atoms with Gasteiger partial charge in [0, 0.05) is 24.2 Å². The highest BCUT2D eigenvalue weighted by Crippen LogP contribution is 2.21. The quantitative estimate of drug-likeness (QED) is 0.343. The van der Waals surface area contributed by atoms with E-state index in [0.717, 1.165) is 18.5 Å². The Labute approximate surface area is 111 Å². The molecular weight excluding hydrogens is 254 g/mol. The van der Waals surface area contributed by atoms with Gasteiger partial charge in [-0.1, -0.05) is 23.8 Å². The van der Waals surface area contributed by atoms with Crippen molar-refractivity contribution >= 4 is 17.5 Å². The van der Waals surface area contributed by atoms with Crippen molar-refractivity contribution in [3.8, 4) is 0 Å².